The zero-order valence-electron chi connectivity index (χ0n) is 8.01. The highest BCUT2D eigenvalue weighted by atomic mass is 127. The van der Waals surface area contributed by atoms with Gasteiger partial charge in [-0.2, -0.15) is 0 Å². The molecule has 0 atom stereocenters. The fraction of sp³-hybridized carbons (Fsp3) is 0.100. The van der Waals surface area contributed by atoms with E-state index in [9.17, 15) is 0 Å². The Morgan fingerprint density at radius 3 is 2.93 bits per heavy atom. The molecule has 0 aliphatic rings. The summed E-state index contributed by atoms with van der Waals surface area (Å²) in [5, 5.41) is 0. The summed E-state index contributed by atoms with van der Waals surface area (Å²) in [6.45, 7) is 1.89. The Bertz CT molecular complexity index is 432. The highest BCUT2D eigenvalue weighted by Gasteiger charge is 2.05. The monoisotopic (exact) mass is 313 g/mol. The molecule has 76 valence electrons. The van der Waals surface area contributed by atoms with Gasteiger partial charge >= 0.3 is 0 Å². The molecule has 2 aromatic rings. The largest absolute Gasteiger partial charge is 0.436 e. The van der Waals surface area contributed by atoms with E-state index in [4.69, 9.17) is 4.74 Å². The van der Waals surface area contributed by atoms with Crippen LogP contribution in [0.3, 0.4) is 0 Å². The molecule has 0 saturated heterocycles. The first-order chi connectivity index (χ1) is 7.27. The standard InChI is InChI=1S/C10H8IN3O/c1-7-9(3-2-4-13-7)15-10-8(11)5-12-6-14-10/h2-6H,1H3. The molecule has 0 saturated carbocycles. The topological polar surface area (TPSA) is 47.9 Å². The summed E-state index contributed by atoms with van der Waals surface area (Å²) >= 11 is 2.13. The van der Waals surface area contributed by atoms with Crippen LogP contribution in [0.5, 0.6) is 11.6 Å². The SMILES string of the molecule is Cc1ncccc1Oc1ncncc1I. The summed E-state index contributed by atoms with van der Waals surface area (Å²) < 4.78 is 6.49. The average molecular weight is 313 g/mol. The Morgan fingerprint density at radius 1 is 1.33 bits per heavy atom. The third-order valence-corrected chi connectivity index (χ3v) is 2.54. The highest BCUT2D eigenvalue weighted by Crippen LogP contribution is 2.24. The third-order valence-electron chi connectivity index (χ3n) is 1.80. The lowest BCUT2D eigenvalue weighted by molar-refractivity contribution is 0.451. The Balaban J connectivity index is 2.30. The second-order valence-electron chi connectivity index (χ2n) is 2.86. The predicted octanol–water partition coefficient (Wildman–Crippen LogP) is 2.58. The van der Waals surface area contributed by atoms with Crippen LogP contribution in [0.2, 0.25) is 0 Å². The van der Waals surface area contributed by atoms with Crippen molar-refractivity contribution in [3.05, 3.63) is 40.1 Å². The van der Waals surface area contributed by atoms with Gasteiger partial charge in [-0.15, -0.1) is 0 Å². The van der Waals surface area contributed by atoms with Gasteiger partial charge in [0, 0.05) is 12.4 Å². The van der Waals surface area contributed by atoms with Gasteiger partial charge in [0.05, 0.1) is 9.26 Å². The summed E-state index contributed by atoms with van der Waals surface area (Å²) in [5.74, 6) is 1.27. The molecule has 5 heteroatoms. The van der Waals surface area contributed by atoms with Gasteiger partial charge in [-0.25, -0.2) is 9.97 Å². The molecule has 0 radical (unpaired) electrons. The molecule has 0 aliphatic carbocycles. The molecule has 15 heavy (non-hydrogen) atoms. The van der Waals surface area contributed by atoms with Gasteiger partial charge < -0.3 is 4.74 Å². The molecule has 0 amide bonds. The number of hydrogen-bond donors (Lipinski definition) is 0. The van der Waals surface area contributed by atoms with E-state index in [0.717, 1.165) is 9.26 Å². The molecule has 4 nitrogen and oxygen atoms in total. The van der Waals surface area contributed by atoms with Crippen LogP contribution >= 0.6 is 22.6 Å². The molecule has 2 rings (SSSR count). The van der Waals surface area contributed by atoms with E-state index in [1.54, 1.807) is 12.4 Å². The maximum absolute atomic E-state index is 5.62. The van der Waals surface area contributed by atoms with Crippen LogP contribution in [0.15, 0.2) is 30.9 Å². The second kappa shape index (κ2) is 4.52. The van der Waals surface area contributed by atoms with Crippen LogP contribution in [0.25, 0.3) is 0 Å². The number of ether oxygens (including phenoxy) is 1. The maximum Gasteiger partial charge on any atom is 0.235 e. The van der Waals surface area contributed by atoms with Crippen molar-refractivity contribution in [2.75, 3.05) is 0 Å². The Labute approximate surface area is 101 Å². The number of aryl methyl sites for hydroxylation is 1. The van der Waals surface area contributed by atoms with Gasteiger partial charge in [-0.1, -0.05) is 0 Å². The van der Waals surface area contributed by atoms with Crippen LogP contribution in [0.1, 0.15) is 5.69 Å². The fourth-order valence-electron chi connectivity index (χ4n) is 1.06. The fourth-order valence-corrected chi connectivity index (χ4v) is 1.47. The van der Waals surface area contributed by atoms with E-state index in [1.807, 2.05) is 19.1 Å². The van der Waals surface area contributed by atoms with Crippen molar-refractivity contribution in [2.45, 2.75) is 6.92 Å². The van der Waals surface area contributed by atoms with Gasteiger partial charge in [-0.3, -0.25) is 4.98 Å². The molecular weight excluding hydrogens is 305 g/mol. The van der Waals surface area contributed by atoms with Crippen LogP contribution in [0, 0.1) is 10.5 Å². The van der Waals surface area contributed by atoms with Crippen LogP contribution < -0.4 is 4.74 Å². The van der Waals surface area contributed by atoms with Crippen LogP contribution in [0.4, 0.5) is 0 Å². The number of halogens is 1. The van der Waals surface area contributed by atoms with Crippen molar-refractivity contribution >= 4 is 22.6 Å². The molecule has 2 heterocycles. The minimum Gasteiger partial charge on any atom is -0.436 e. The first-order valence-corrected chi connectivity index (χ1v) is 5.40. The molecule has 0 fully saturated rings. The molecular formula is C10H8IN3O. The Kier molecular flexibility index (Phi) is 3.10. The van der Waals surface area contributed by atoms with Crippen molar-refractivity contribution in [3.63, 3.8) is 0 Å². The number of hydrogen-bond acceptors (Lipinski definition) is 4. The number of pyridine rings is 1. The Hall–Kier alpha value is -1.24. The number of nitrogens with zero attached hydrogens (tertiary/aromatic N) is 3. The lowest BCUT2D eigenvalue weighted by Crippen LogP contribution is -1.94. The second-order valence-corrected chi connectivity index (χ2v) is 4.03. The van der Waals surface area contributed by atoms with E-state index in [2.05, 4.69) is 37.5 Å². The van der Waals surface area contributed by atoms with Gasteiger partial charge in [0.2, 0.25) is 5.88 Å². The lowest BCUT2D eigenvalue weighted by Gasteiger charge is -2.07. The number of aromatic nitrogens is 3. The van der Waals surface area contributed by atoms with Crippen molar-refractivity contribution in [2.24, 2.45) is 0 Å². The van der Waals surface area contributed by atoms with Gasteiger partial charge in [0.25, 0.3) is 0 Å². The highest BCUT2D eigenvalue weighted by molar-refractivity contribution is 14.1. The smallest absolute Gasteiger partial charge is 0.235 e. The van der Waals surface area contributed by atoms with E-state index in [0.29, 0.717) is 11.6 Å². The first-order valence-electron chi connectivity index (χ1n) is 4.32. The minimum absolute atomic E-state index is 0.557. The zero-order valence-corrected chi connectivity index (χ0v) is 10.2. The molecule has 2 aromatic heterocycles. The molecule has 0 aliphatic heterocycles. The molecule has 0 N–H and O–H groups in total. The average Bonchev–Trinajstić information content (AvgIpc) is 2.24. The van der Waals surface area contributed by atoms with E-state index in [-0.39, 0.29) is 0 Å². The van der Waals surface area contributed by atoms with Crippen molar-refractivity contribution in [1.29, 1.82) is 0 Å². The normalized spacial score (nSPS) is 10.0. The van der Waals surface area contributed by atoms with Crippen molar-refractivity contribution in [3.8, 4) is 11.6 Å². The summed E-state index contributed by atoms with van der Waals surface area (Å²) in [5.41, 5.74) is 0.840. The van der Waals surface area contributed by atoms with Crippen LogP contribution in [-0.4, -0.2) is 15.0 Å². The minimum atomic E-state index is 0.557. The third kappa shape index (κ3) is 2.41. The summed E-state index contributed by atoms with van der Waals surface area (Å²) in [4.78, 5) is 12.1. The van der Waals surface area contributed by atoms with Crippen molar-refractivity contribution < 1.29 is 4.74 Å². The first kappa shape index (κ1) is 10.3. The quantitative estimate of drug-likeness (QED) is 0.800. The molecule has 0 unspecified atom stereocenters. The van der Waals surface area contributed by atoms with E-state index in [1.165, 1.54) is 6.33 Å². The summed E-state index contributed by atoms with van der Waals surface area (Å²) in [6.07, 6.45) is 4.89. The maximum atomic E-state index is 5.62. The van der Waals surface area contributed by atoms with Crippen molar-refractivity contribution in [1.82, 2.24) is 15.0 Å². The van der Waals surface area contributed by atoms with Gasteiger partial charge in [0.1, 0.15) is 6.33 Å². The van der Waals surface area contributed by atoms with E-state index < -0.39 is 0 Å². The predicted molar refractivity (Wildman–Crippen MR) is 63.8 cm³/mol. The van der Waals surface area contributed by atoms with Crippen LogP contribution in [-0.2, 0) is 0 Å². The Morgan fingerprint density at radius 2 is 2.20 bits per heavy atom. The van der Waals surface area contributed by atoms with Gasteiger partial charge in [0.15, 0.2) is 5.75 Å². The summed E-state index contributed by atoms with van der Waals surface area (Å²) in [6, 6.07) is 3.69. The van der Waals surface area contributed by atoms with E-state index >= 15 is 0 Å². The van der Waals surface area contributed by atoms with Gasteiger partial charge in [-0.05, 0) is 41.6 Å². The zero-order chi connectivity index (χ0) is 10.7. The number of rotatable bonds is 2. The lowest BCUT2D eigenvalue weighted by atomic mass is 10.3. The molecule has 0 aromatic carbocycles. The summed E-state index contributed by atoms with van der Waals surface area (Å²) in [7, 11) is 0. The molecule has 0 bridgehead atoms. The molecule has 0 spiro atoms.